The Bertz CT molecular complexity index is 487. The van der Waals surface area contributed by atoms with Crippen LogP contribution in [0.3, 0.4) is 0 Å². The van der Waals surface area contributed by atoms with Crippen LogP contribution < -0.4 is 15.8 Å². The Morgan fingerprint density at radius 2 is 2.14 bits per heavy atom. The summed E-state index contributed by atoms with van der Waals surface area (Å²) in [6.07, 6.45) is 5.99. The van der Waals surface area contributed by atoms with Gasteiger partial charge in [0.15, 0.2) is 0 Å². The number of ether oxygens (including phenoxy) is 1. The summed E-state index contributed by atoms with van der Waals surface area (Å²) in [5.74, 6) is 0.824. The molecule has 3 N–H and O–H groups in total. The molecule has 1 atom stereocenters. The first kappa shape index (κ1) is 16.1. The molecule has 1 aliphatic carbocycles. The lowest BCUT2D eigenvalue weighted by Gasteiger charge is -2.30. The van der Waals surface area contributed by atoms with E-state index in [9.17, 15) is 4.79 Å². The first-order chi connectivity index (χ1) is 10.2. The van der Waals surface area contributed by atoms with Gasteiger partial charge in [-0.25, -0.2) is 0 Å². The van der Waals surface area contributed by atoms with Gasteiger partial charge in [-0.3, -0.25) is 4.79 Å². The molecule has 0 radical (unpaired) electrons. The second-order valence-corrected chi connectivity index (χ2v) is 5.99. The quantitative estimate of drug-likeness (QED) is 0.878. The predicted octanol–water partition coefficient (Wildman–Crippen LogP) is 2.99. The normalized spacial score (nSPS) is 17.3. The molecule has 116 valence electrons. The standard InChI is InChI=1S/C16H23ClN2O2/c1-21-15-8-7-12(17)9-13(15)16(20)19-14(10-18)11-5-3-2-4-6-11/h7-9,11,14H,2-6,10,18H2,1H3,(H,19,20). The Morgan fingerprint density at radius 3 is 2.76 bits per heavy atom. The third kappa shape index (κ3) is 4.11. The van der Waals surface area contributed by atoms with E-state index in [1.807, 2.05) is 0 Å². The zero-order chi connectivity index (χ0) is 15.2. The largest absolute Gasteiger partial charge is 0.496 e. The fraction of sp³-hybridized carbons (Fsp3) is 0.562. The summed E-state index contributed by atoms with van der Waals surface area (Å²) in [5, 5.41) is 3.57. The van der Waals surface area contributed by atoms with Crippen molar-refractivity contribution in [2.45, 2.75) is 38.1 Å². The van der Waals surface area contributed by atoms with Crippen LogP contribution in [0.5, 0.6) is 5.75 Å². The highest BCUT2D eigenvalue weighted by Crippen LogP contribution is 2.27. The molecule has 1 saturated carbocycles. The molecule has 1 aromatic rings. The van der Waals surface area contributed by atoms with Crippen molar-refractivity contribution in [3.05, 3.63) is 28.8 Å². The van der Waals surface area contributed by atoms with Gasteiger partial charge in [-0.05, 0) is 37.0 Å². The lowest BCUT2D eigenvalue weighted by Crippen LogP contribution is -2.46. The van der Waals surface area contributed by atoms with Crippen LogP contribution in [-0.2, 0) is 0 Å². The van der Waals surface area contributed by atoms with Crippen molar-refractivity contribution in [3.63, 3.8) is 0 Å². The number of nitrogens with one attached hydrogen (secondary N) is 1. The summed E-state index contributed by atoms with van der Waals surface area (Å²) in [5.41, 5.74) is 6.32. The average molecular weight is 311 g/mol. The highest BCUT2D eigenvalue weighted by molar-refractivity contribution is 6.31. The third-order valence-electron chi connectivity index (χ3n) is 4.20. The lowest BCUT2D eigenvalue weighted by atomic mass is 9.84. The number of carbonyl (C=O) groups excluding carboxylic acids is 1. The molecule has 5 heteroatoms. The highest BCUT2D eigenvalue weighted by atomic mass is 35.5. The molecule has 1 unspecified atom stereocenters. The van der Waals surface area contributed by atoms with Crippen molar-refractivity contribution >= 4 is 17.5 Å². The maximum atomic E-state index is 12.5. The van der Waals surface area contributed by atoms with E-state index < -0.39 is 0 Å². The molecule has 0 saturated heterocycles. The number of hydrogen-bond donors (Lipinski definition) is 2. The summed E-state index contributed by atoms with van der Waals surface area (Å²) < 4.78 is 5.23. The monoisotopic (exact) mass is 310 g/mol. The van der Waals surface area contributed by atoms with Gasteiger partial charge in [-0.15, -0.1) is 0 Å². The molecule has 21 heavy (non-hydrogen) atoms. The van der Waals surface area contributed by atoms with E-state index in [1.54, 1.807) is 25.3 Å². The second kappa shape index (κ2) is 7.66. The van der Waals surface area contributed by atoms with Gasteiger partial charge in [0.2, 0.25) is 0 Å². The van der Waals surface area contributed by atoms with Gasteiger partial charge >= 0.3 is 0 Å². The summed E-state index contributed by atoms with van der Waals surface area (Å²) in [6.45, 7) is 0.458. The first-order valence-electron chi connectivity index (χ1n) is 7.50. The van der Waals surface area contributed by atoms with Crippen molar-refractivity contribution in [2.24, 2.45) is 11.7 Å². The van der Waals surface area contributed by atoms with Crippen LogP contribution in [0.4, 0.5) is 0 Å². The fourth-order valence-corrected chi connectivity index (χ4v) is 3.18. The molecular weight excluding hydrogens is 288 g/mol. The van der Waals surface area contributed by atoms with E-state index in [4.69, 9.17) is 22.1 Å². The van der Waals surface area contributed by atoms with Gasteiger partial charge < -0.3 is 15.8 Å². The molecular formula is C16H23ClN2O2. The van der Waals surface area contributed by atoms with Crippen LogP contribution in [0.2, 0.25) is 5.02 Å². The summed E-state index contributed by atoms with van der Waals surface area (Å²) in [7, 11) is 1.54. The topological polar surface area (TPSA) is 64.3 Å². The molecule has 4 nitrogen and oxygen atoms in total. The van der Waals surface area contributed by atoms with Gasteiger partial charge in [0.25, 0.3) is 5.91 Å². The number of benzene rings is 1. The van der Waals surface area contributed by atoms with Crippen molar-refractivity contribution in [1.82, 2.24) is 5.32 Å². The average Bonchev–Trinajstić information content (AvgIpc) is 2.53. The van der Waals surface area contributed by atoms with E-state index in [2.05, 4.69) is 5.32 Å². The molecule has 1 aromatic carbocycles. The van der Waals surface area contributed by atoms with Crippen molar-refractivity contribution < 1.29 is 9.53 Å². The summed E-state index contributed by atoms with van der Waals surface area (Å²) in [6, 6.07) is 5.06. The van der Waals surface area contributed by atoms with E-state index >= 15 is 0 Å². The maximum Gasteiger partial charge on any atom is 0.255 e. The molecule has 0 bridgehead atoms. The van der Waals surface area contributed by atoms with Gasteiger partial charge in [0.05, 0.1) is 12.7 Å². The minimum absolute atomic E-state index is 0.0153. The molecule has 0 aromatic heterocycles. The first-order valence-corrected chi connectivity index (χ1v) is 7.88. The van der Waals surface area contributed by atoms with Gasteiger partial charge in [-0.2, -0.15) is 0 Å². The fourth-order valence-electron chi connectivity index (χ4n) is 3.01. The van der Waals surface area contributed by atoms with Gasteiger partial charge in [0, 0.05) is 17.6 Å². The van der Waals surface area contributed by atoms with Crippen LogP contribution in [-0.4, -0.2) is 25.6 Å². The number of methoxy groups -OCH3 is 1. The zero-order valence-corrected chi connectivity index (χ0v) is 13.2. The number of rotatable bonds is 5. The second-order valence-electron chi connectivity index (χ2n) is 5.56. The zero-order valence-electron chi connectivity index (χ0n) is 12.4. The summed E-state index contributed by atoms with van der Waals surface area (Å²) in [4.78, 5) is 12.5. The van der Waals surface area contributed by atoms with Crippen molar-refractivity contribution in [3.8, 4) is 5.75 Å². The number of halogens is 1. The Balaban J connectivity index is 2.10. The molecule has 1 amide bonds. The summed E-state index contributed by atoms with van der Waals surface area (Å²) >= 11 is 5.98. The van der Waals surface area contributed by atoms with E-state index in [0.29, 0.717) is 28.8 Å². The third-order valence-corrected chi connectivity index (χ3v) is 4.43. The Labute approximate surface area is 131 Å². The predicted molar refractivity (Wildman–Crippen MR) is 84.9 cm³/mol. The Morgan fingerprint density at radius 1 is 1.43 bits per heavy atom. The van der Waals surface area contributed by atoms with Crippen LogP contribution in [0, 0.1) is 5.92 Å². The highest BCUT2D eigenvalue weighted by Gasteiger charge is 2.25. The number of nitrogens with two attached hydrogens (primary N) is 1. The minimum Gasteiger partial charge on any atom is -0.496 e. The SMILES string of the molecule is COc1ccc(Cl)cc1C(=O)NC(CN)C1CCCCC1. The molecule has 1 fully saturated rings. The van der Waals surface area contributed by atoms with Crippen LogP contribution in [0.15, 0.2) is 18.2 Å². The lowest BCUT2D eigenvalue weighted by molar-refractivity contribution is 0.0912. The van der Waals surface area contributed by atoms with E-state index in [0.717, 1.165) is 12.8 Å². The number of amides is 1. The molecule has 0 aliphatic heterocycles. The molecule has 0 heterocycles. The molecule has 0 spiro atoms. The van der Waals surface area contributed by atoms with Crippen molar-refractivity contribution in [1.29, 1.82) is 0 Å². The maximum absolute atomic E-state index is 12.5. The van der Waals surface area contributed by atoms with Crippen LogP contribution >= 0.6 is 11.6 Å². The van der Waals surface area contributed by atoms with Crippen LogP contribution in [0.25, 0.3) is 0 Å². The number of carbonyl (C=O) groups is 1. The van der Waals surface area contributed by atoms with Gasteiger partial charge in [0.1, 0.15) is 5.75 Å². The van der Waals surface area contributed by atoms with Crippen molar-refractivity contribution in [2.75, 3.05) is 13.7 Å². The van der Waals surface area contributed by atoms with E-state index in [-0.39, 0.29) is 11.9 Å². The molecule has 2 rings (SSSR count). The van der Waals surface area contributed by atoms with Gasteiger partial charge in [-0.1, -0.05) is 30.9 Å². The Kier molecular flexibility index (Phi) is 5.88. The Hall–Kier alpha value is -1.26. The molecule has 1 aliphatic rings. The number of hydrogen-bond acceptors (Lipinski definition) is 3. The smallest absolute Gasteiger partial charge is 0.255 e. The van der Waals surface area contributed by atoms with Crippen LogP contribution in [0.1, 0.15) is 42.5 Å². The minimum atomic E-state index is -0.171. The van der Waals surface area contributed by atoms with E-state index in [1.165, 1.54) is 19.3 Å².